The smallest absolute Gasteiger partial charge is 0.140 e. The lowest BCUT2D eigenvalue weighted by Crippen LogP contribution is -2.12. The second-order valence-corrected chi connectivity index (χ2v) is 6.43. The van der Waals surface area contributed by atoms with Gasteiger partial charge in [-0.3, -0.25) is 0 Å². The lowest BCUT2D eigenvalue weighted by Gasteiger charge is -2.13. The average molecular weight is 298 g/mol. The molecule has 0 fully saturated rings. The molecular weight excluding hydrogens is 282 g/mol. The van der Waals surface area contributed by atoms with E-state index in [0.29, 0.717) is 11.6 Å². The minimum atomic E-state index is -0.855. The Morgan fingerprint density at radius 3 is 2.74 bits per heavy atom. The number of aryl methyl sites for hydroxylation is 1. The second-order valence-electron chi connectivity index (χ2n) is 4.88. The zero-order valence-electron chi connectivity index (χ0n) is 11.1. The SMILES string of the molecule is Cc1cc(Cl)ccc1OCc1ncc(C(C)(C)O)s1. The number of rotatable bonds is 4. The quantitative estimate of drug-likeness (QED) is 0.930. The highest BCUT2D eigenvalue weighted by atomic mass is 35.5. The molecule has 0 unspecified atom stereocenters. The third-order valence-electron chi connectivity index (χ3n) is 2.64. The number of nitrogens with zero attached hydrogens (tertiary/aromatic N) is 1. The Morgan fingerprint density at radius 2 is 2.16 bits per heavy atom. The van der Waals surface area contributed by atoms with Crippen molar-refractivity contribution in [2.75, 3.05) is 0 Å². The van der Waals surface area contributed by atoms with Crippen LogP contribution < -0.4 is 4.74 Å². The Hall–Kier alpha value is -1.10. The van der Waals surface area contributed by atoms with Crippen molar-refractivity contribution >= 4 is 22.9 Å². The first kappa shape index (κ1) is 14.3. The molecule has 1 N–H and O–H groups in total. The number of aliphatic hydroxyl groups is 1. The monoisotopic (exact) mass is 297 g/mol. The van der Waals surface area contributed by atoms with Crippen molar-refractivity contribution in [1.29, 1.82) is 0 Å². The fraction of sp³-hybridized carbons (Fsp3) is 0.357. The van der Waals surface area contributed by atoms with Gasteiger partial charge in [0.25, 0.3) is 0 Å². The van der Waals surface area contributed by atoms with Crippen LogP contribution in [0.5, 0.6) is 5.75 Å². The fourth-order valence-electron chi connectivity index (χ4n) is 1.57. The Morgan fingerprint density at radius 1 is 1.42 bits per heavy atom. The Balaban J connectivity index is 2.04. The number of hydrogen-bond acceptors (Lipinski definition) is 4. The summed E-state index contributed by atoms with van der Waals surface area (Å²) in [5.41, 5.74) is 0.137. The van der Waals surface area contributed by atoms with Gasteiger partial charge >= 0.3 is 0 Å². The van der Waals surface area contributed by atoms with E-state index < -0.39 is 5.60 Å². The molecule has 0 saturated heterocycles. The van der Waals surface area contributed by atoms with E-state index in [4.69, 9.17) is 16.3 Å². The largest absolute Gasteiger partial charge is 0.486 e. The van der Waals surface area contributed by atoms with Gasteiger partial charge in [0, 0.05) is 11.2 Å². The van der Waals surface area contributed by atoms with E-state index in [1.807, 2.05) is 19.1 Å². The number of hydrogen-bond donors (Lipinski definition) is 1. The zero-order chi connectivity index (χ0) is 14.0. The van der Waals surface area contributed by atoms with Crippen LogP contribution in [-0.4, -0.2) is 10.1 Å². The van der Waals surface area contributed by atoms with Gasteiger partial charge in [-0.2, -0.15) is 0 Å². The molecule has 2 rings (SSSR count). The fourth-order valence-corrected chi connectivity index (χ4v) is 2.63. The Bertz CT molecular complexity index is 575. The van der Waals surface area contributed by atoms with Crippen molar-refractivity contribution in [3.63, 3.8) is 0 Å². The van der Waals surface area contributed by atoms with Crippen LogP contribution in [0, 0.1) is 6.92 Å². The molecule has 0 amide bonds. The van der Waals surface area contributed by atoms with Gasteiger partial charge in [-0.1, -0.05) is 11.6 Å². The molecule has 0 radical (unpaired) electrons. The van der Waals surface area contributed by atoms with Crippen molar-refractivity contribution in [2.45, 2.75) is 33.0 Å². The highest BCUT2D eigenvalue weighted by Crippen LogP contribution is 2.27. The molecule has 0 spiro atoms. The van der Waals surface area contributed by atoms with E-state index in [1.54, 1.807) is 26.1 Å². The number of halogens is 1. The maximum absolute atomic E-state index is 9.88. The molecule has 1 aromatic heterocycles. The predicted molar refractivity (Wildman–Crippen MR) is 77.9 cm³/mol. The number of aromatic nitrogens is 1. The third-order valence-corrected chi connectivity index (χ3v) is 4.16. The van der Waals surface area contributed by atoms with Gasteiger partial charge in [0.05, 0.1) is 10.5 Å². The topological polar surface area (TPSA) is 42.4 Å². The van der Waals surface area contributed by atoms with Crippen molar-refractivity contribution in [3.8, 4) is 5.75 Å². The molecule has 0 saturated carbocycles. The molecule has 1 aromatic carbocycles. The van der Waals surface area contributed by atoms with Gasteiger partial charge in [-0.15, -0.1) is 11.3 Å². The second kappa shape index (κ2) is 5.49. The molecule has 0 bridgehead atoms. The molecule has 1 heterocycles. The van der Waals surface area contributed by atoms with E-state index in [9.17, 15) is 5.11 Å². The highest BCUT2D eigenvalue weighted by molar-refractivity contribution is 7.11. The summed E-state index contributed by atoms with van der Waals surface area (Å²) in [6, 6.07) is 5.51. The highest BCUT2D eigenvalue weighted by Gasteiger charge is 2.19. The van der Waals surface area contributed by atoms with E-state index >= 15 is 0 Å². The summed E-state index contributed by atoms with van der Waals surface area (Å²) in [6.07, 6.45) is 1.69. The van der Waals surface area contributed by atoms with Crippen LogP contribution in [0.25, 0.3) is 0 Å². The number of benzene rings is 1. The summed E-state index contributed by atoms with van der Waals surface area (Å²) in [4.78, 5) is 5.08. The molecule has 5 heteroatoms. The van der Waals surface area contributed by atoms with Gasteiger partial charge in [0.1, 0.15) is 17.4 Å². The molecule has 19 heavy (non-hydrogen) atoms. The van der Waals surface area contributed by atoms with Crippen LogP contribution in [0.1, 0.15) is 29.3 Å². The summed E-state index contributed by atoms with van der Waals surface area (Å²) in [7, 11) is 0. The van der Waals surface area contributed by atoms with Gasteiger partial charge < -0.3 is 9.84 Å². The molecule has 0 atom stereocenters. The van der Waals surface area contributed by atoms with Crippen molar-refractivity contribution in [1.82, 2.24) is 4.98 Å². The van der Waals surface area contributed by atoms with Crippen molar-refractivity contribution in [3.05, 3.63) is 44.9 Å². The lowest BCUT2D eigenvalue weighted by molar-refractivity contribution is 0.0823. The van der Waals surface area contributed by atoms with Crippen LogP contribution in [-0.2, 0) is 12.2 Å². The molecular formula is C14H16ClNO2S. The van der Waals surface area contributed by atoms with Crippen molar-refractivity contribution < 1.29 is 9.84 Å². The molecule has 2 aromatic rings. The van der Waals surface area contributed by atoms with Crippen LogP contribution in [0.2, 0.25) is 5.02 Å². The van der Waals surface area contributed by atoms with Crippen molar-refractivity contribution in [2.24, 2.45) is 0 Å². The van der Waals surface area contributed by atoms with Crippen LogP contribution >= 0.6 is 22.9 Å². The summed E-state index contributed by atoms with van der Waals surface area (Å²) >= 11 is 7.35. The minimum Gasteiger partial charge on any atom is -0.486 e. The zero-order valence-corrected chi connectivity index (χ0v) is 12.7. The Kier molecular flexibility index (Phi) is 4.13. The first-order chi connectivity index (χ1) is 8.86. The van der Waals surface area contributed by atoms with Crippen LogP contribution in [0.3, 0.4) is 0 Å². The van der Waals surface area contributed by atoms with Gasteiger partial charge in [0.2, 0.25) is 0 Å². The molecule has 0 aliphatic carbocycles. The number of thiazole rings is 1. The van der Waals surface area contributed by atoms with Gasteiger partial charge in [-0.25, -0.2) is 4.98 Å². The first-order valence-corrected chi connectivity index (χ1v) is 7.12. The van der Waals surface area contributed by atoms with E-state index in [-0.39, 0.29) is 0 Å². The minimum absolute atomic E-state index is 0.392. The van der Waals surface area contributed by atoms with E-state index in [0.717, 1.165) is 21.2 Å². The van der Waals surface area contributed by atoms with E-state index in [2.05, 4.69) is 4.98 Å². The van der Waals surface area contributed by atoms with Gasteiger partial charge in [0.15, 0.2) is 0 Å². The summed E-state index contributed by atoms with van der Waals surface area (Å²) in [5, 5.41) is 11.4. The lowest BCUT2D eigenvalue weighted by atomic mass is 10.1. The predicted octanol–water partition coefficient (Wildman–Crippen LogP) is 3.91. The molecule has 3 nitrogen and oxygen atoms in total. The molecule has 102 valence electrons. The molecule has 0 aliphatic heterocycles. The van der Waals surface area contributed by atoms with Crippen LogP contribution in [0.15, 0.2) is 24.4 Å². The van der Waals surface area contributed by atoms with Gasteiger partial charge in [-0.05, 0) is 44.5 Å². The summed E-state index contributed by atoms with van der Waals surface area (Å²) in [6.45, 7) is 5.83. The first-order valence-electron chi connectivity index (χ1n) is 5.93. The van der Waals surface area contributed by atoms with Crippen LogP contribution in [0.4, 0.5) is 0 Å². The number of ether oxygens (including phenoxy) is 1. The third kappa shape index (κ3) is 3.69. The van der Waals surface area contributed by atoms with E-state index in [1.165, 1.54) is 11.3 Å². The summed E-state index contributed by atoms with van der Waals surface area (Å²) in [5.74, 6) is 0.796. The maximum atomic E-state index is 9.88. The Labute approximate surface area is 121 Å². The standard InChI is InChI=1S/C14H16ClNO2S/c1-9-6-10(15)4-5-11(9)18-8-13-16-7-12(19-13)14(2,3)17/h4-7,17H,8H2,1-3H3. The average Bonchev–Trinajstić information content (AvgIpc) is 2.76. The normalized spacial score (nSPS) is 11.6. The maximum Gasteiger partial charge on any atom is 0.140 e. The summed E-state index contributed by atoms with van der Waals surface area (Å²) < 4.78 is 5.71. The molecule has 0 aliphatic rings.